The van der Waals surface area contributed by atoms with Gasteiger partial charge in [-0.05, 0) is 24.5 Å². The third kappa shape index (κ3) is 2.50. The van der Waals surface area contributed by atoms with E-state index in [0.717, 1.165) is 13.0 Å². The van der Waals surface area contributed by atoms with Gasteiger partial charge in [0.25, 0.3) is 0 Å². The number of pyridine rings is 1. The minimum absolute atomic E-state index is 0.228. The van der Waals surface area contributed by atoms with Crippen LogP contribution in [0, 0.1) is 12.3 Å². The van der Waals surface area contributed by atoms with Crippen molar-refractivity contribution in [3.8, 4) is 0 Å². The van der Waals surface area contributed by atoms with Crippen molar-refractivity contribution in [3.63, 3.8) is 0 Å². The Hall–Kier alpha value is -0.930. The van der Waals surface area contributed by atoms with Crippen molar-refractivity contribution in [3.05, 3.63) is 29.6 Å². The first-order valence-corrected chi connectivity index (χ1v) is 6.20. The molecule has 3 heteroatoms. The Kier molecular flexibility index (Phi) is 3.50. The summed E-state index contributed by atoms with van der Waals surface area (Å²) in [5, 5.41) is 3.60. The summed E-state index contributed by atoms with van der Waals surface area (Å²) in [5.41, 5.74) is 2.69. The lowest BCUT2D eigenvalue weighted by atomic mass is 9.64. The van der Waals surface area contributed by atoms with Crippen molar-refractivity contribution in [2.45, 2.75) is 45.9 Å². The summed E-state index contributed by atoms with van der Waals surface area (Å²) in [7, 11) is 1.80. The molecule has 0 bridgehead atoms. The second kappa shape index (κ2) is 4.75. The molecule has 1 aliphatic carbocycles. The van der Waals surface area contributed by atoms with Gasteiger partial charge in [0, 0.05) is 37.5 Å². The Morgan fingerprint density at radius 1 is 1.47 bits per heavy atom. The lowest BCUT2D eigenvalue weighted by Crippen LogP contribution is -2.60. The van der Waals surface area contributed by atoms with E-state index in [1.807, 2.05) is 12.4 Å². The molecule has 1 heterocycles. The largest absolute Gasteiger partial charge is 0.381 e. The fourth-order valence-electron chi connectivity index (χ4n) is 2.59. The smallest absolute Gasteiger partial charge is 0.0652 e. The number of nitrogens with one attached hydrogen (secondary N) is 1. The minimum atomic E-state index is 0.228. The lowest BCUT2D eigenvalue weighted by molar-refractivity contribution is -0.0979. The van der Waals surface area contributed by atoms with E-state index in [-0.39, 0.29) is 5.41 Å². The highest BCUT2D eigenvalue weighted by Crippen LogP contribution is 2.42. The topological polar surface area (TPSA) is 34.1 Å². The first kappa shape index (κ1) is 12.5. The summed E-state index contributed by atoms with van der Waals surface area (Å²) in [6.07, 6.45) is 5.30. The molecule has 2 unspecified atom stereocenters. The molecule has 1 aromatic heterocycles. The molecule has 0 amide bonds. The van der Waals surface area contributed by atoms with Crippen LogP contribution in [-0.2, 0) is 11.3 Å². The molecule has 1 N–H and O–H groups in total. The fourth-order valence-corrected chi connectivity index (χ4v) is 2.59. The Labute approximate surface area is 104 Å². The quantitative estimate of drug-likeness (QED) is 0.868. The van der Waals surface area contributed by atoms with Crippen LogP contribution in [0.25, 0.3) is 0 Å². The van der Waals surface area contributed by atoms with E-state index in [2.05, 4.69) is 37.1 Å². The van der Waals surface area contributed by atoms with Gasteiger partial charge in [-0.25, -0.2) is 0 Å². The van der Waals surface area contributed by atoms with Crippen LogP contribution in [0.2, 0.25) is 0 Å². The Morgan fingerprint density at radius 3 is 2.82 bits per heavy atom. The van der Waals surface area contributed by atoms with Crippen molar-refractivity contribution in [2.75, 3.05) is 7.11 Å². The van der Waals surface area contributed by atoms with Gasteiger partial charge in [-0.15, -0.1) is 0 Å². The second-order valence-electron chi connectivity index (χ2n) is 5.59. The van der Waals surface area contributed by atoms with Crippen molar-refractivity contribution < 1.29 is 4.74 Å². The molecule has 3 nitrogen and oxygen atoms in total. The van der Waals surface area contributed by atoms with Gasteiger partial charge in [0.2, 0.25) is 0 Å². The van der Waals surface area contributed by atoms with Crippen LogP contribution in [-0.4, -0.2) is 24.2 Å². The normalized spacial score (nSPS) is 26.6. The van der Waals surface area contributed by atoms with Gasteiger partial charge in [0.15, 0.2) is 0 Å². The summed E-state index contributed by atoms with van der Waals surface area (Å²) in [6, 6.07) is 2.72. The maximum Gasteiger partial charge on any atom is 0.0652 e. The first-order chi connectivity index (χ1) is 8.04. The Morgan fingerprint density at radius 2 is 2.24 bits per heavy atom. The van der Waals surface area contributed by atoms with E-state index in [9.17, 15) is 0 Å². The van der Waals surface area contributed by atoms with Gasteiger partial charge in [0.05, 0.1) is 6.10 Å². The zero-order valence-electron chi connectivity index (χ0n) is 11.2. The van der Waals surface area contributed by atoms with Crippen molar-refractivity contribution in [2.24, 2.45) is 5.41 Å². The molecule has 2 atom stereocenters. The number of ether oxygens (including phenoxy) is 1. The van der Waals surface area contributed by atoms with Crippen molar-refractivity contribution >= 4 is 0 Å². The van der Waals surface area contributed by atoms with Crippen LogP contribution in [0.1, 0.15) is 31.4 Å². The molecule has 94 valence electrons. The number of aryl methyl sites for hydroxylation is 1. The van der Waals surface area contributed by atoms with Gasteiger partial charge in [-0.2, -0.15) is 0 Å². The molecule has 0 aliphatic heterocycles. The second-order valence-corrected chi connectivity index (χ2v) is 5.59. The van der Waals surface area contributed by atoms with Crippen LogP contribution < -0.4 is 5.32 Å². The predicted molar refractivity (Wildman–Crippen MR) is 68.8 cm³/mol. The highest BCUT2D eigenvalue weighted by Gasteiger charge is 2.48. The lowest BCUT2D eigenvalue weighted by Gasteiger charge is -2.51. The predicted octanol–water partition coefficient (Wildman–Crippen LogP) is 2.29. The zero-order chi connectivity index (χ0) is 12.5. The molecular formula is C14H22N2O. The molecule has 0 spiro atoms. The number of nitrogens with zero attached hydrogens (tertiary/aromatic N) is 1. The fraction of sp³-hybridized carbons (Fsp3) is 0.643. The molecule has 2 rings (SSSR count). The summed E-state index contributed by atoms with van der Waals surface area (Å²) < 4.78 is 5.45. The number of methoxy groups -OCH3 is 1. The van der Waals surface area contributed by atoms with Crippen molar-refractivity contribution in [1.82, 2.24) is 10.3 Å². The highest BCUT2D eigenvalue weighted by atomic mass is 16.5. The molecular weight excluding hydrogens is 212 g/mol. The van der Waals surface area contributed by atoms with E-state index in [1.165, 1.54) is 11.1 Å². The van der Waals surface area contributed by atoms with Crippen LogP contribution in [0.4, 0.5) is 0 Å². The SMILES string of the molecule is COC1CC(NCc2cncc(C)c2)C1(C)C. The molecule has 0 saturated heterocycles. The van der Waals surface area contributed by atoms with Gasteiger partial charge < -0.3 is 10.1 Å². The zero-order valence-corrected chi connectivity index (χ0v) is 11.2. The third-order valence-electron chi connectivity index (χ3n) is 3.95. The van der Waals surface area contributed by atoms with E-state index < -0.39 is 0 Å². The average Bonchev–Trinajstić information content (AvgIpc) is 2.28. The molecule has 1 fully saturated rings. The summed E-state index contributed by atoms with van der Waals surface area (Å²) in [4.78, 5) is 4.21. The molecule has 1 aromatic rings. The number of hydrogen-bond acceptors (Lipinski definition) is 3. The number of rotatable bonds is 4. The molecule has 0 aromatic carbocycles. The number of aromatic nitrogens is 1. The Balaban J connectivity index is 1.88. The summed E-state index contributed by atoms with van der Waals surface area (Å²) in [6.45, 7) is 7.48. The maximum absolute atomic E-state index is 5.45. The van der Waals surface area contributed by atoms with E-state index in [4.69, 9.17) is 4.74 Å². The third-order valence-corrected chi connectivity index (χ3v) is 3.95. The first-order valence-electron chi connectivity index (χ1n) is 6.20. The Bertz CT molecular complexity index is 390. The van der Waals surface area contributed by atoms with Crippen LogP contribution in [0.5, 0.6) is 0 Å². The van der Waals surface area contributed by atoms with Crippen molar-refractivity contribution in [1.29, 1.82) is 0 Å². The molecule has 1 aliphatic rings. The van der Waals surface area contributed by atoms with E-state index in [1.54, 1.807) is 7.11 Å². The summed E-state index contributed by atoms with van der Waals surface area (Å²) in [5.74, 6) is 0. The maximum atomic E-state index is 5.45. The molecule has 17 heavy (non-hydrogen) atoms. The monoisotopic (exact) mass is 234 g/mol. The van der Waals surface area contributed by atoms with Crippen LogP contribution >= 0.6 is 0 Å². The van der Waals surface area contributed by atoms with Gasteiger partial charge in [0.1, 0.15) is 0 Å². The molecule has 1 saturated carbocycles. The highest BCUT2D eigenvalue weighted by molar-refractivity contribution is 5.17. The minimum Gasteiger partial charge on any atom is -0.381 e. The molecule has 0 radical (unpaired) electrons. The van der Waals surface area contributed by atoms with Gasteiger partial charge in [-0.1, -0.05) is 19.9 Å². The number of hydrogen-bond donors (Lipinski definition) is 1. The van der Waals surface area contributed by atoms with Crippen LogP contribution in [0.15, 0.2) is 18.5 Å². The van der Waals surface area contributed by atoms with Crippen LogP contribution in [0.3, 0.4) is 0 Å². The van der Waals surface area contributed by atoms with Gasteiger partial charge in [-0.3, -0.25) is 4.98 Å². The van der Waals surface area contributed by atoms with E-state index in [0.29, 0.717) is 12.1 Å². The standard InChI is InChI=1S/C14H22N2O/c1-10-5-11(8-15-7-10)9-16-12-6-13(17-4)14(12,2)3/h5,7-8,12-13,16H,6,9H2,1-4H3. The average molecular weight is 234 g/mol. The van der Waals surface area contributed by atoms with E-state index >= 15 is 0 Å². The van der Waals surface area contributed by atoms with Gasteiger partial charge >= 0.3 is 0 Å². The summed E-state index contributed by atoms with van der Waals surface area (Å²) >= 11 is 0.